The summed E-state index contributed by atoms with van der Waals surface area (Å²) in [5.74, 6) is -4.61. The maximum absolute atomic E-state index is 17.2. The number of amides is 2. The van der Waals surface area contributed by atoms with Gasteiger partial charge in [0.15, 0.2) is 11.6 Å². The molecule has 1 saturated heterocycles. The van der Waals surface area contributed by atoms with Crippen molar-refractivity contribution in [2.24, 2.45) is 0 Å². The summed E-state index contributed by atoms with van der Waals surface area (Å²) in [6.45, 7) is 10.8. The number of likely N-dealkylation sites (N-methyl/N-ethyl adjacent to an activating group) is 1. The molecule has 0 N–H and O–H groups in total. The largest absolute Gasteiger partial charge is 0.354 e. The molecule has 2 aromatic heterocycles. The van der Waals surface area contributed by atoms with Crippen molar-refractivity contribution in [2.45, 2.75) is 45.7 Å². The molecule has 0 radical (unpaired) electrons. The molecule has 2 aromatic carbocycles. The van der Waals surface area contributed by atoms with Gasteiger partial charge in [0.1, 0.15) is 23.2 Å². The molecule has 2 atom stereocenters. The van der Waals surface area contributed by atoms with Crippen LogP contribution in [0.1, 0.15) is 37.9 Å². The van der Waals surface area contributed by atoms with Gasteiger partial charge in [0.2, 0.25) is 5.91 Å². The molecule has 4 heterocycles. The van der Waals surface area contributed by atoms with E-state index in [9.17, 15) is 14.4 Å². The SMILES string of the molecule is C=CC(=O)N1CC(C)N2c3nc(=O)n(-c4c(C)ccnc4C(C)C)c4c(F)c(-c5ccccc5F)c(F)c(c34)N(C)C(=O)C2C1. The number of pyridine rings is 1. The normalized spacial score (nSPS) is 18.0. The number of fused-ring (bicyclic) bond motifs is 2. The Kier molecular flexibility index (Phi) is 7.25. The van der Waals surface area contributed by atoms with E-state index in [1.54, 1.807) is 31.0 Å². The van der Waals surface area contributed by atoms with Gasteiger partial charge in [0.05, 0.1) is 34.6 Å². The monoisotopic (exact) mass is 616 g/mol. The molecule has 9 nitrogen and oxygen atoms in total. The van der Waals surface area contributed by atoms with E-state index in [1.807, 2.05) is 13.8 Å². The summed E-state index contributed by atoms with van der Waals surface area (Å²) in [5.41, 5.74) is -1.43. The average Bonchev–Trinajstić information content (AvgIpc) is 3.09. The van der Waals surface area contributed by atoms with E-state index in [2.05, 4.69) is 16.5 Å². The number of benzene rings is 2. The van der Waals surface area contributed by atoms with Crippen molar-refractivity contribution in [3.8, 4) is 16.8 Å². The number of nitrogens with zero attached hydrogens (tertiary/aromatic N) is 6. The molecule has 2 aliphatic heterocycles. The first-order chi connectivity index (χ1) is 21.4. The molecule has 2 aliphatic rings. The summed E-state index contributed by atoms with van der Waals surface area (Å²) in [6, 6.07) is 5.12. The van der Waals surface area contributed by atoms with E-state index in [0.717, 1.165) is 21.6 Å². The molecule has 0 spiro atoms. The summed E-state index contributed by atoms with van der Waals surface area (Å²) < 4.78 is 50.4. The molecule has 1 fully saturated rings. The van der Waals surface area contributed by atoms with Gasteiger partial charge in [-0.15, -0.1) is 0 Å². The van der Waals surface area contributed by atoms with E-state index in [0.29, 0.717) is 11.3 Å². The summed E-state index contributed by atoms with van der Waals surface area (Å²) in [4.78, 5) is 53.9. The van der Waals surface area contributed by atoms with E-state index in [1.165, 1.54) is 30.1 Å². The Balaban J connectivity index is 1.82. The summed E-state index contributed by atoms with van der Waals surface area (Å²) in [5, 5.41) is -0.128. The Bertz CT molecular complexity index is 1990. The van der Waals surface area contributed by atoms with Gasteiger partial charge in [-0.2, -0.15) is 4.98 Å². The molecule has 0 aliphatic carbocycles. The number of aromatic nitrogens is 3. The lowest BCUT2D eigenvalue weighted by Gasteiger charge is -2.45. The van der Waals surface area contributed by atoms with E-state index in [-0.39, 0.29) is 52.7 Å². The maximum Gasteiger partial charge on any atom is 0.354 e. The predicted molar refractivity (Wildman–Crippen MR) is 165 cm³/mol. The fourth-order valence-corrected chi connectivity index (χ4v) is 6.55. The highest BCUT2D eigenvalue weighted by atomic mass is 19.1. The lowest BCUT2D eigenvalue weighted by atomic mass is 9.98. The van der Waals surface area contributed by atoms with Crippen LogP contribution in [0.2, 0.25) is 0 Å². The van der Waals surface area contributed by atoms with E-state index >= 15 is 13.2 Å². The third kappa shape index (κ3) is 4.41. The third-order valence-electron chi connectivity index (χ3n) is 8.61. The second-order valence-electron chi connectivity index (χ2n) is 11.7. The fourth-order valence-electron chi connectivity index (χ4n) is 6.55. The summed E-state index contributed by atoms with van der Waals surface area (Å²) in [7, 11) is 1.33. The van der Waals surface area contributed by atoms with Crippen LogP contribution in [-0.2, 0) is 9.59 Å². The molecule has 0 saturated carbocycles. The van der Waals surface area contributed by atoms with Crippen LogP contribution in [0.15, 0.2) is 54.0 Å². The Morgan fingerprint density at radius 3 is 2.44 bits per heavy atom. The van der Waals surface area contributed by atoms with Crippen molar-refractivity contribution in [3.63, 3.8) is 0 Å². The van der Waals surface area contributed by atoms with Gasteiger partial charge in [-0.25, -0.2) is 18.0 Å². The first-order valence-electron chi connectivity index (χ1n) is 14.5. The van der Waals surface area contributed by atoms with Crippen LogP contribution >= 0.6 is 0 Å². The smallest absolute Gasteiger partial charge is 0.337 e. The zero-order valence-electron chi connectivity index (χ0n) is 25.4. The van der Waals surface area contributed by atoms with Crippen LogP contribution in [0.3, 0.4) is 0 Å². The van der Waals surface area contributed by atoms with Crippen molar-refractivity contribution >= 4 is 34.2 Å². The first kappa shape index (κ1) is 30.0. The van der Waals surface area contributed by atoms with Gasteiger partial charge < -0.3 is 14.7 Å². The van der Waals surface area contributed by atoms with Crippen LogP contribution in [0.4, 0.5) is 24.7 Å². The van der Waals surface area contributed by atoms with Crippen molar-refractivity contribution < 1.29 is 22.8 Å². The van der Waals surface area contributed by atoms with Gasteiger partial charge in [0.25, 0.3) is 5.91 Å². The van der Waals surface area contributed by atoms with Gasteiger partial charge in [-0.05, 0) is 43.5 Å². The van der Waals surface area contributed by atoms with E-state index in [4.69, 9.17) is 0 Å². The van der Waals surface area contributed by atoms with Crippen molar-refractivity contribution in [1.82, 2.24) is 19.4 Å². The third-order valence-corrected chi connectivity index (χ3v) is 8.61. The number of anilines is 2. The molecule has 0 bridgehead atoms. The van der Waals surface area contributed by atoms with Crippen molar-refractivity contribution in [3.05, 3.63) is 88.4 Å². The highest BCUT2D eigenvalue weighted by Crippen LogP contribution is 2.46. The quantitative estimate of drug-likeness (QED) is 0.304. The van der Waals surface area contributed by atoms with Crippen LogP contribution < -0.4 is 15.5 Å². The second-order valence-corrected chi connectivity index (χ2v) is 11.7. The Labute approximate surface area is 257 Å². The lowest BCUT2D eigenvalue weighted by molar-refractivity contribution is -0.129. The van der Waals surface area contributed by atoms with E-state index < -0.39 is 52.6 Å². The Morgan fingerprint density at radius 1 is 1.07 bits per heavy atom. The number of halogens is 3. The minimum Gasteiger partial charge on any atom is -0.337 e. The lowest BCUT2D eigenvalue weighted by Crippen LogP contribution is -2.63. The zero-order chi connectivity index (χ0) is 32.5. The number of rotatable bonds is 4. The molecule has 6 rings (SSSR count). The average molecular weight is 617 g/mol. The van der Waals surface area contributed by atoms with Crippen LogP contribution in [-0.4, -0.2) is 63.5 Å². The van der Waals surface area contributed by atoms with Crippen LogP contribution in [0.5, 0.6) is 0 Å². The van der Waals surface area contributed by atoms with Crippen molar-refractivity contribution in [2.75, 3.05) is 29.9 Å². The minimum atomic E-state index is -1.19. The first-order valence-corrected chi connectivity index (χ1v) is 14.5. The number of hydrogen-bond acceptors (Lipinski definition) is 6. The fraction of sp³-hybridized carbons (Fsp3) is 0.303. The number of carbonyl (C=O) groups excluding carboxylic acids is 2. The molecule has 2 amide bonds. The second kappa shape index (κ2) is 10.9. The van der Waals surface area contributed by atoms with Crippen LogP contribution in [0.25, 0.3) is 27.7 Å². The maximum atomic E-state index is 17.2. The standard InChI is InChI=1S/C33H31F3N6O3/c1-7-22(43)40-14-18(5)41-21(15-40)32(44)39(6)29-24-30(26(36)23(25(29)35)19-10-8-9-11-20(19)34)42(33(45)38-31(24)41)28-17(4)12-13-37-27(28)16(2)3/h7-13,16,18,21H,1,14-15H2,2-6H3. The highest BCUT2D eigenvalue weighted by Gasteiger charge is 2.46. The van der Waals surface area contributed by atoms with Gasteiger partial charge in [-0.1, -0.05) is 38.6 Å². The minimum absolute atomic E-state index is 0.104. The zero-order valence-corrected chi connectivity index (χ0v) is 25.4. The Hall–Kier alpha value is -5.00. The predicted octanol–water partition coefficient (Wildman–Crippen LogP) is 4.86. The Morgan fingerprint density at radius 2 is 1.78 bits per heavy atom. The topological polar surface area (TPSA) is 91.6 Å². The molecule has 12 heteroatoms. The van der Waals surface area contributed by atoms with Gasteiger partial charge in [-0.3, -0.25) is 19.1 Å². The summed E-state index contributed by atoms with van der Waals surface area (Å²) >= 11 is 0. The molecule has 232 valence electrons. The molecule has 2 unspecified atom stereocenters. The number of piperazine rings is 1. The number of carbonyl (C=O) groups is 2. The molecular weight excluding hydrogens is 585 g/mol. The van der Waals surface area contributed by atoms with Gasteiger partial charge in [0, 0.05) is 31.4 Å². The molecule has 45 heavy (non-hydrogen) atoms. The van der Waals surface area contributed by atoms with Crippen molar-refractivity contribution in [1.29, 1.82) is 0 Å². The number of aryl methyl sites for hydroxylation is 1. The highest BCUT2D eigenvalue weighted by molar-refractivity contribution is 6.14. The number of hydrogen-bond donors (Lipinski definition) is 0. The molecular formula is C33H31F3N6O3. The summed E-state index contributed by atoms with van der Waals surface area (Å²) in [6.07, 6.45) is 2.71. The van der Waals surface area contributed by atoms with Gasteiger partial charge >= 0.3 is 5.69 Å². The molecule has 4 aromatic rings. The van der Waals surface area contributed by atoms with Crippen LogP contribution in [0, 0.1) is 24.4 Å².